The monoisotopic (exact) mass is 511 g/mol. The molecule has 37 heavy (non-hydrogen) atoms. The molecule has 0 bridgehead atoms. The minimum absolute atomic E-state index is 0.0150. The first-order valence-electron chi connectivity index (χ1n) is 11.5. The lowest BCUT2D eigenvalue weighted by Crippen LogP contribution is -2.37. The maximum atomic E-state index is 13.0. The maximum absolute atomic E-state index is 13.0. The number of hydrogen-bond acceptors (Lipinski definition) is 6. The summed E-state index contributed by atoms with van der Waals surface area (Å²) in [6, 6.07) is 7.00. The Kier molecular flexibility index (Phi) is 7.80. The topological polar surface area (TPSA) is 182 Å². The van der Waals surface area contributed by atoms with Crippen molar-refractivity contribution >= 4 is 35.4 Å². The lowest BCUT2D eigenvalue weighted by Gasteiger charge is -2.17. The van der Waals surface area contributed by atoms with Crippen LogP contribution in [0.3, 0.4) is 0 Å². The lowest BCUT2D eigenvalue weighted by molar-refractivity contribution is -0.124. The van der Waals surface area contributed by atoms with Crippen LogP contribution in [0.5, 0.6) is 0 Å². The summed E-state index contributed by atoms with van der Waals surface area (Å²) >= 11 is 0. The number of carbonyl (C=O) groups excluding carboxylic acids is 3. The van der Waals surface area contributed by atoms with Gasteiger partial charge in [0.15, 0.2) is 5.78 Å². The molecule has 12 heteroatoms. The average molecular weight is 512 g/mol. The number of carboxylic acid groups (broad SMARTS) is 1. The van der Waals surface area contributed by atoms with E-state index in [4.69, 9.17) is 15.6 Å². The summed E-state index contributed by atoms with van der Waals surface area (Å²) in [4.78, 5) is 64.6. The van der Waals surface area contributed by atoms with E-state index in [0.717, 1.165) is 5.56 Å². The number of Topliss-reactive ketones (excluding diaryl/α,β-unsaturated/α-hetero) is 1. The van der Waals surface area contributed by atoms with Gasteiger partial charge in [0.1, 0.15) is 23.2 Å². The molecule has 1 atom stereocenters. The fourth-order valence-electron chi connectivity index (χ4n) is 3.96. The number of hydrogen-bond donors (Lipinski definition) is 4. The highest BCUT2D eigenvalue weighted by atomic mass is 16.6. The molecule has 0 saturated carbocycles. The Hall–Kier alpha value is -4.48. The SMILES string of the molecule is CC(=O)c1cc(NC(=O)O)c(=O)n2c1CCC2C(=O)NCc1ccc(/C(N)=N\C(=O)OC(C)(C)C)cc1. The highest BCUT2D eigenvalue weighted by molar-refractivity contribution is 6.02. The minimum atomic E-state index is -1.45. The number of amides is 3. The van der Waals surface area contributed by atoms with E-state index in [2.05, 4.69) is 10.3 Å². The van der Waals surface area contributed by atoms with Crippen LogP contribution in [0.1, 0.15) is 67.3 Å². The van der Waals surface area contributed by atoms with E-state index in [1.165, 1.54) is 17.6 Å². The molecule has 0 radical (unpaired) electrons. The average Bonchev–Trinajstić information content (AvgIpc) is 3.23. The van der Waals surface area contributed by atoms with Crippen LogP contribution in [0.25, 0.3) is 0 Å². The first-order valence-corrected chi connectivity index (χ1v) is 11.5. The number of aliphatic imine (C=N–C) groups is 1. The van der Waals surface area contributed by atoms with Crippen LogP contribution in [0.2, 0.25) is 0 Å². The molecular weight excluding hydrogens is 482 g/mol. The molecule has 5 N–H and O–H groups in total. The van der Waals surface area contributed by atoms with Gasteiger partial charge in [0.05, 0.1) is 0 Å². The van der Waals surface area contributed by atoms with Crippen molar-refractivity contribution in [1.82, 2.24) is 9.88 Å². The number of aromatic nitrogens is 1. The van der Waals surface area contributed by atoms with Crippen molar-refractivity contribution in [2.75, 3.05) is 5.32 Å². The van der Waals surface area contributed by atoms with Crippen LogP contribution in [-0.4, -0.2) is 45.0 Å². The molecule has 1 aliphatic rings. The summed E-state index contributed by atoms with van der Waals surface area (Å²) in [5, 5.41) is 13.8. The summed E-state index contributed by atoms with van der Waals surface area (Å²) < 4.78 is 6.31. The van der Waals surface area contributed by atoms with E-state index in [-0.39, 0.29) is 35.8 Å². The fourth-order valence-corrected chi connectivity index (χ4v) is 3.96. The first kappa shape index (κ1) is 27.1. The predicted molar refractivity (Wildman–Crippen MR) is 135 cm³/mol. The number of amidine groups is 1. The lowest BCUT2D eigenvalue weighted by atomic mass is 10.1. The number of nitrogens with one attached hydrogen (secondary N) is 2. The standard InChI is InChI=1S/C25H29N5O7/c1-13(31)16-11-17(28-23(34)35)22(33)30-18(16)9-10-19(30)21(32)27-12-14-5-7-15(8-6-14)20(26)29-24(36)37-25(2,3)4/h5-8,11,19,28H,9-10,12H2,1-4H3,(H,27,32)(H,34,35)(H2,26,29,36). The van der Waals surface area contributed by atoms with Crippen LogP contribution in [0, 0.1) is 0 Å². The van der Waals surface area contributed by atoms with E-state index in [9.17, 15) is 24.0 Å². The zero-order valence-corrected chi connectivity index (χ0v) is 21.0. The largest absolute Gasteiger partial charge is 0.465 e. The van der Waals surface area contributed by atoms with E-state index in [0.29, 0.717) is 17.7 Å². The number of fused-ring (bicyclic) bond motifs is 1. The predicted octanol–water partition coefficient (Wildman–Crippen LogP) is 2.58. The normalized spacial score (nSPS) is 15.0. The Balaban J connectivity index is 1.73. The van der Waals surface area contributed by atoms with Crippen molar-refractivity contribution < 1.29 is 29.0 Å². The Labute approximate surface area is 212 Å². The number of ether oxygens (including phenoxy) is 1. The molecule has 0 fully saturated rings. The van der Waals surface area contributed by atoms with Crippen molar-refractivity contribution in [3.8, 4) is 0 Å². The Morgan fingerprint density at radius 2 is 1.84 bits per heavy atom. The number of ketones is 1. The third kappa shape index (κ3) is 6.60. The number of anilines is 1. The smallest absolute Gasteiger partial charge is 0.436 e. The maximum Gasteiger partial charge on any atom is 0.436 e. The van der Waals surface area contributed by atoms with Gasteiger partial charge in [-0.3, -0.25) is 24.3 Å². The second-order valence-electron chi connectivity index (χ2n) is 9.53. The van der Waals surface area contributed by atoms with Gasteiger partial charge in [0, 0.05) is 23.4 Å². The fraction of sp³-hybridized carbons (Fsp3) is 0.360. The molecule has 196 valence electrons. The highest BCUT2D eigenvalue weighted by Gasteiger charge is 2.33. The van der Waals surface area contributed by atoms with E-state index < -0.39 is 35.3 Å². The van der Waals surface area contributed by atoms with Crippen molar-refractivity contribution in [2.24, 2.45) is 10.7 Å². The zero-order valence-electron chi connectivity index (χ0n) is 21.0. The van der Waals surface area contributed by atoms with Gasteiger partial charge in [-0.1, -0.05) is 24.3 Å². The van der Waals surface area contributed by atoms with Gasteiger partial charge in [0.2, 0.25) is 5.91 Å². The van der Waals surface area contributed by atoms with Crippen LogP contribution in [-0.2, 0) is 22.5 Å². The molecular formula is C25H29N5O7. The summed E-state index contributed by atoms with van der Waals surface area (Å²) in [5.41, 5.74) is 6.02. The van der Waals surface area contributed by atoms with Crippen LogP contribution < -0.4 is 21.9 Å². The van der Waals surface area contributed by atoms with Gasteiger partial charge >= 0.3 is 12.2 Å². The van der Waals surface area contributed by atoms with E-state index >= 15 is 0 Å². The molecule has 0 saturated heterocycles. The van der Waals surface area contributed by atoms with Gasteiger partial charge < -0.3 is 20.9 Å². The van der Waals surface area contributed by atoms with Crippen molar-refractivity contribution in [3.63, 3.8) is 0 Å². The third-order valence-electron chi connectivity index (χ3n) is 5.55. The van der Waals surface area contributed by atoms with Crippen LogP contribution >= 0.6 is 0 Å². The Morgan fingerprint density at radius 1 is 1.19 bits per heavy atom. The highest BCUT2D eigenvalue weighted by Crippen LogP contribution is 2.28. The number of nitrogens with two attached hydrogens (primary N) is 1. The molecule has 1 aromatic heterocycles. The molecule has 3 amide bonds. The van der Waals surface area contributed by atoms with Gasteiger partial charge in [-0.25, -0.2) is 9.59 Å². The van der Waals surface area contributed by atoms with Crippen LogP contribution in [0.4, 0.5) is 15.3 Å². The van der Waals surface area contributed by atoms with E-state index in [1.807, 2.05) is 5.32 Å². The molecule has 1 aromatic carbocycles. The first-order chi connectivity index (χ1) is 17.3. The molecule has 0 spiro atoms. The summed E-state index contributed by atoms with van der Waals surface area (Å²) in [5.74, 6) is -0.801. The van der Waals surface area contributed by atoms with E-state index in [1.54, 1.807) is 45.0 Å². The number of benzene rings is 1. The van der Waals surface area contributed by atoms with Crippen molar-refractivity contribution in [3.05, 3.63) is 63.1 Å². The molecule has 0 aliphatic carbocycles. The second-order valence-corrected chi connectivity index (χ2v) is 9.53. The second kappa shape index (κ2) is 10.6. The van der Waals surface area contributed by atoms with Gasteiger partial charge in [-0.2, -0.15) is 4.99 Å². The number of rotatable bonds is 6. The molecule has 2 aromatic rings. The molecule has 1 unspecified atom stereocenters. The minimum Gasteiger partial charge on any atom is -0.465 e. The Morgan fingerprint density at radius 3 is 2.41 bits per heavy atom. The van der Waals surface area contributed by atoms with Gasteiger partial charge in [-0.15, -0.1) is 0 Å². The molecule has 3 rings (SSSR count). The summed E-state index contributed by atoms with van der Waals surface area (Å²) in [7, 11) is 0. The third-order valence-corrected chi connectivity index (χ3v) is 5.55. The quantitative estimate of drug-likeness (QED) is 0.259. The van der Waals surface area contributed by atoms with Crippen LogP contribution in [0.15, 0.2) is 40.1 Å². The Bertz CT molecular complexity index is 1340. The molecule has 12 nitrogen and oxygen atoms in total. The van der Waals surface area contributed by atoms with Crippen molar-refractivity contribution in [1.29, 1.82) is 0 Å². The summed E-state index contributed by atoms with van der Waals surface area (Å²) in [6.07, 6.45) is -1.65. The summed E-state index contributed by atoms with van der Waals surface area (Å²) in [6.45, 7) is 6.60. The zero-order chi connectivity index (χ0) is 27.5. The van der Waals surface area contributed by atoms with Gasteiger partial charge in [-0.05, 0) is 52.2 Å². The number of carbonyl (C=O) groups is 4. The molecule has 2 heterocycles. The van der Waals surface area contributed by atoms with Crippen molar-refractivity contribution in [2.45, 2.75) is 58.7 Å². The number of pyridine rings is 1. The number of nitrogens with zero attached hydrogens (tertiary/aromatic N) is 2. The van der Waals surface area contributed by atoms with Gasteiger partial charge in [0.25, 0.3) is 5.56 Å². The molecule has 1 aliphatic heterocycles.